The van der Waals surface area contributed by atoms with Gasteiger partial charge in [0.05, 0.1) is 17.3 Å². The highest BCUT2D eigenvalue weighted by Crippen LogP contribution is 2.35. The summed E-state index contributed by atoms with van der Waals surface area (Å²) >= 11 is 1.61. The SMILES string of the molecule is C=C(OC(=NC)C(C)(N)Cc1ccccc1)c1cc(C(=O)N2CCCC2c2nc(C)cs2)cc(-n2cccn2)c1. The number of carbonyl (C=O) groups is 1. The second-order valence-electron chi connectivity index (χ2n) is 10.3. The number of hydrogen-bond acceptors (Lipinski definition) is 7. The lowest BCUT2D eigenvalue weighted by Gasteiger charge is -2.27. The van der Waals surface area contributed by atoms with E-state index in [1.54, 1.807) is 29.3 Å². The highest BCUT2D eigenvalue weighted by molar-refractivity contribution is 7.09. The highest BCUT2D eigenvalue weighted by atomic mass is 32.1. The van der Waals surface area contributed by atoms with Crippen LogP contribution in [0.25, 0.3) is 11.4 Å². The fraction of sp³-hybridized carbons (Fsp3) is 0.290. The Kier molecular flexibility index (Phi) is 7.95. The van der Waals surface area contributed by atoms with Gasteiger partial charge in [-0.1, -0.05) is 36.9 Å². The number of rotatable bonds is 8. The molecule has 206 valence electrons. The summed E-state index contributed by atoms with van der Waals surface area (Å²) in [5.74, 6) is 0.648. The first-order chi connectivity index (χ1) is 19.2. The van der Waals surface area contributed by atoms with Gasteiger partial charge < -0.3 is 15.4 Å². The molecule has 2 N–H and O–H groups in total. The lowest BCUT2D eigenvalue weighted by atomic mass is 9.93. The number of nitrogens with zero attached hydrogens (tertiary/aromatic N) is 5. The predicted octanol–water partition coefficient (Wildman–Crippen LogP) is 5.59. The molecule has 5 rings (SSSR count). The van der Waals surface area contributed by atoms with Crippen LogP contribution in [0.15, 0.2) is 83.9 Å². The zero-order chi connectivity index (χ0) is 28.3. The van der Waals surface area contributed by atoms with Crippen molar-refractivity contribution in [3.8, 4) is 5.69 Å². The average Bonchev–Trinajstić information content (AvgIpc) is 3.73. The summed E-state index contributed by atoms with van der Waals surface area (Å²) < 4.78 is 7.93. The summed E-state index contributed by atoms with van der Waals surface area (Å²) in [6.07, 6.45) is 5.91. The van der Waals surface area contributed by atoms with Crippen LogP contribution in [0, 0.1) is 6.92 Å². The number of benzene rings is 2. The first-order valence-electron chi connectivity index (χ1n) is 13.3. The maximum absolute atomic E-state index is 13.9. The van der Waals surface area contributed by atoms with Gasteiger partial charge in [0, 0.05) is 48.2 Å². The number of hydrogen-bond donors (Lipinski definition) is 1. The molecule has 0 spiro atoms. The molecule has 1 aliphatic rings. The Morgan fingerprint density at radius 2 is 2.00 bits per heavy atom. The van der Waals surface area contributed by atoms with Gasteiger partial charge in [0.2, 0.25) is 5.90 Å². The van der Waals surface area contributed by atoms with Gasteiger partial charge in [-0.3, -0.25) is 9.79 Å². The zero-order valence-electron chi connectivity index (χ0n) is 23.1. The van der Waals surface area contributed by atoms with Gasteiger partial charge in [-0.15, -0.1) is 11.3 Å². The predicted molar refractivity (Wildman–Crippen MR) is 160 cm³/mol. The van der Waals surface area contributed by atoms with Gasteiger partial charge in [-0.05, 0) is 62.9 Å². The largest absolute Gasteiger partial charge is 0.441 e. The van der Waals surface area contributed by atoms with E-state index in [2.05, 4.69) is 21.7 Å². The van der Waals surface area contributed by atoms with Gasteiger partial charge in [0.1, 0.15) is 10.8 Å². The van der Waals surface area contributed by atoms with E-state index in [1.165, 1.54) is 0 Å². The molecule has 2 aromatic carbocycles. The summed E-state index contributed by atoms with van der Waals surface area (Å²) in [6, 6.07) is 17.4. The smallest absolute Gasteiger partial charge is 0.254 e. The Labute approximate surface area is 238 Å². The van der Waals surface area contributed by atoms with Crippen LogP contribution in [0.4, 0.5) is 0 Å². The molecule has 1 fully saturated rings. The van der Waals surface area contributed by atoms with Gasteiger partial charge in [0.15, 0.2) is 0 Å². The number of aryl methyl sites for hydroxylation is 1. The number of ether oxygens (including phenoxy) is 1. The minimum absolute atomic E-state index is 0.0303. The Hall–Kier alpha value is -4.08. The standard InChI is InChI=1S/C31H34N6O2S/c1-21-20-40-28(35-21)27-12-8-14-36(27)29(38)25-16-24(17-26(18-25)37-15-9-13-34-37)22(2)39-30(33-4)31(3,32)19-23-10-6-5-7-11-23/h5-7,9-11,13,15-18,20,27H,2,8,12,14,19,32H2,1,3-4H3. The normalized spacial score (nSPS) is 17.1. The first-order valence-corrected chi connectivity index (χ1v) is 14.2. The van der Waals surface area contributed by atoms with Crippen LogP contribution in [0.1, 0.15) is 58.0 Å². The summed E-state index contributed by atoms with van der Waals surface area (Å²) in [5.41, 5.74) is 9.78. The van der Waals surface area contributed by atoms with Crippen molar-refractivity contribution in [1.29, 1.82) is 0 Å². The minimum atomic E-state index is -0.869. The third-order valence-corrected chi connectivity index (χ3v) is 8.08. The molecule has 0 bridgehead atoms. The Bertz CT molecular complexity index is 1520. The average molecular weight is 555 g/mol. The van der Waals surface area contributed by atoms with Crippen molar-refractivity contribution in [2.45, 2.75) is 44.7 Å². The number of carbonyl (C=O) groups excluding carboxylic acids is 1. The fourth-order valence-electron chi connectivity index (χ4n) is 5.10. The van der Waals surface area contributed by atoms with Gasteiger partial charge in [-0.25, -0.2) is 9.67 Å². The Balaban J connectivity index is 1.44. The van der Waals surface area contributed by atoms with E-state index in [0.717, 1.165) is 34.8 Å². The molecule has 40 heavy (non-hydrogen) atoms. The minimum Gasteiger partial charge on any atom is -0.441 e. The van der Waals surface area contributed by atoms with Crippen molar-refractivity contribution in [1.82, 2.24) is 19.7 Å². The molecule has 1 aliphatic heterocycles. The quantitative estimate of drug-likeness (QED) is 0.174. The molecule has 1 amide bonds. The van der Waals surface area contributed by atoms with Gasteiger partial charge in [0.25, 0.3) is 5.91 Å². The lowest BCUT2D eigenvalue weighted by Crippen LogP contribution is -2.48. The highest BCUT2D eigenvalue weighted by Gasteiger charge is 2.33. The molecule has 0 aliphatic carbocycles. The summed E-state index contributed by atoms with van der Waals surface area (Å²) in [6.45, 7) is 8.74. The second kappa shape index (κ2) is 11.6. The molecule has 1 saturated heterocycles. The monoisotopic (exact) mass is 554 g/mol. The van der Waals surface area contributed by atoms with Crippen LogP contribution in [0.3, 0.4) is 0 Å². The van der Waals surface area contributed by atoms with Crippen molar-refractivity contribution < 1.29 is 9.53 Å². The number of thiazole rings is 1. The fourth-order valence-corrected chi connectivity index (χ4v) is 6.04. The van der Waals surface area contributed by atoms with E-state index in [4.69, 9.17) is 10.5 Å². The van der Waals surface area contributed by atoms with Crippen LogP contribution >= 0.6 is 11.3 Å². The molecular weight excluding hydrogens is 520 g/mol. The molecule has 0 radical (unpaired) electrons. The van der Waals surface area contributed by atoms with E-state index in [9.17, 15) is 4.79 Å². The number of nitrogens with two attached hydrogens (primary N) is 1. The topological polar surface area (TPSA) is 98.6 Å². The van der Waals surface area contributed by atoms with Crippen LogP contribution < -0.4 is 5.73 Å². The van der Waals surface area contributed by atoms with E-state index in [0.29, 0.717) is 35.7 Å². The van der Waals surface area contributed by atoms with E-state index in [1.807, 2.05) is 84.9 Å². The lowest BCUT2D eigenvalue weighted by molar-refractivity contribution is 0.0735. The maximum atomic E-state index is 13.9. The number of likely N-dealkylation sites (tertiary alicyclic amines) is 1. The summed E-state index contributed by atoms with van der Waals surface area (Å²) in [5, 5.41) is 7.39. The molecule has 0 saturated carbocycles. The van der Waals surface area contributed by atoms with Crippen molar-refractivity contribution in [3.05, 3.63) is 106 Å². The third-order valence-electron chi connectivity index (χ3n) is 7.02. The molecule has 2 unspecified atom stereocenters. The maximum Gasteiger partial charge on any atom is 0.254 e. The Morgan fingerprint density at radius 3 is 2.67 bits per heavy atom. The van der Waals surface area contributed by atoms with Crippen LogP contribution in [0.2, 0.25) is 0 Å². The van der Waals surface area contributed by atoms with Crippen molar-refractivity contribution in [3.63, 3.8) is 0 Å². The van der Waals surface area contributed by atoms with Crippen LogP contribution in [-0.4, -0.2) is 50.6 Å². The van der Waals surface area contributed by atoms with Crippen molar-refractivity contribution >= 4 is 28.9 Å². The number of aromatic nitrogens is 3. The molecular formula is C31H34N6O2S. The Morgan fingerprint density at radius 1 is 1.23 bits per heavy atom. The van der Waals surface area contributed by atoms with E-state index in [-0.39, 0.29) is 11.9 Å². The molecule has 2 aromatic heterocycles. The van der Waals surface area contributed by atoms with Crippen LogP contribution in [0.5, 0.6) is 0 Å². The van der Waals surface area contributed by atoms with Crippen LogP contribution in [-0.2, 0) is 11.2 Å². The summed E-state index contributed by atoms with van der Waals surface area (Å²) in [7, 11) is 1.65. The second-order valence-corrected chi connectivity index (χ2v) is 11.2. The molecule has 4 aromatic rings. The van der Waals surface area contributed by atoms with Gasteiger partial charge >= 0.3 is 0 Å². The number of amides is 1. The third kappa shape index (κ3) is 5.90. The molecule has 3 heterocycles. The number of aliphatic imine (C=N–C) groups is 1. The first kappa shape index (κ1) is 27.5. The van der Waals surface area contributed by atoms with Crippen molar-refractivity contribution in [2.24, 2.45) is 10.7 Å². The molecule has 2 atom stereocenters. The van der Waals surface area contributed by atoms with E-state index >= 15 is 0 Å². The van der Waals surface area contributed by atoms with Gasteiger partial charge in [-0.2, -0.15) is 5.10 Å². The summed E-state index contributed by atoms with van der Waals surface area (Å²) in [4.78, 5) is 24.9. The van der Waals surface area contributed by atoms with E-state index < -0.39 is 5.54 Å². The molecule has 8 nitrogen and oxygen atoms in total. The zero-order valence-corrected chi connectivity index (χ0v) is 23.9. The van der Waals surface area contributed by atoms with Crippen molar-refractivity contribution in [2.75, 3.05) is 13.6 Å². The molecule has 9 heteroatoms.